The summed E-state index contributed by atoms with van der Waals surface area (Å²) in [6, 6.07) is 12.1. The van der Waals surface area contributed by atoms with Crippen molar-refractivity contribution in [1.29, 1.82) is 0 Å². The number of methoxy groups -OCH3 is 1. The molecule has 2 rings (SSSR count). The minimum absolute atomic E-state index is 0.128. The van der Waals surface area contributed by atoms with Crippen LogP contribution < -0.4 is 4.74 Å². The molecule has 0 saturated heterocycles. The summed E-state index contributed by atoms with van der Waals surface area (Å²) in [5.41, 5.74) is 0.905. The molecule has 0 saturated carbocycles. The summed E-state index contributed by atoms with van der Waals surface area (Å²) in [5, 5.41) is 11.7. The lowest BCUT2D eigenvalue weighted by molar-refractivity contribution is 0.219. The largest absolute Gasteiger partial charge is 0.496 e. The van der Waals surface area contributed by atoms with Gasteiger partial charge in [-0.1, -0.05) is 44.2 Å². The Balaban J connectivity index is 2.75. The van der Waals surface area contributed by atoms with Crippen molar-refractivity contribution in [2.24, 2.45) is 0 Å². The third-order valence-corrected chi connectivity index (χ3v) is 3.23. The van der Waals surface area contributed by atoms with Crippen molar-refractivity contribution in [1.82, 2.24) is 0 Å². The molecule has 0 bridgehead atoms. The molecule has 0 unspecified atom stereocenters. The average Bonchev–Trinajstić information content (AvgIpc) is 2.37. The third kappa shape index (κ3) is 2.01. The number of fused-ring (bicyclic) bond motifs is 1. The summed E-state index contributed by atoms with van der Waals surface area (Å²) in [7, 11) is 1.68. The van der Waals surface area contributed by atoms with Crippen molar-refractivity contribution in [3.05, 3.63) is 42.0 Å². The van der Waals surface area contributed by atoms with Crippen molar-refractivity contribution in [3.8, 4) is 5.75 Å². The van der Waals surface area contributed by atoms with E-state index >= 15 is 0 Å². The molecule has 2 nitrogen and oxygen atoms in total. The molecule has 0 aliphatic carbocycles. The van der Waals surface area contributed by atoms with Crippen molar-refractivity contribution >= 4 is 10.8 Å². The van der Waals surface area contributed by atoms with Gasteiger partial charge in [0.1, 0.15) is 5.75 Å². The fourth-order valence-corrected chi connectivity index (χ4v) is 2.12. The lowest BCUT2D eigenvalue weighted by atomic mass is 9.82. The summed E-state index contributed by atoms with van der Waals surface area (Å²) in [4.78, 5) is 0. The number of hydrogen-bond donors (Lipinski definition) is 1. The third-order valence-electron chi connectivity index (χ3n) is 3.23. The summed E-state index contributed by atoms with van der Waals surface area (Å²) < 4.78 is 5.37. The molecular weight excluding hydrogens is 212 g/mol. The Morgan fingerprint density at radius 2 is 1.71 bits per heavy atom. The predicted molar refractivity (Wildman–Crippen MR) is 70.6 cm³/mol. The van der Waals surface area contributed by atoms with E-state index in [4.69, 9.17) is 4.74 Å². The molecule has 2 aromatic rings. The van der Waals surface area contributed by atoms with Crippen LogP contribution >= 0.6 is 0 Å². The van der Waals surface area contributed by atoms with E-state index in [1.807, 2.05) is 44.2 Å². The fraction of sp³-hybridized carbons (Fsp3) is 0.333. The summed E-state index contributed by atoms with van der Waals surface area (Å²) in [6.45, 7) is 4.21. The minimum Gasteiger partial charge on any atom is -0.496 e. The highest BCUT2D eigenvalue weighted by Gasteiger charge is 2.22. The number of benzene rings is 2. The zero-order valence-corrected chi connectivity index (χ0v) is 10.5. The first kappa shape index (κ1) is 11.9. The molecule has 0 fully saturated rings. The molecule has 90 valence electrons. The summed E-state index contributed by atoms with van der Waals surface area (Å²) in [6.07, 6.45) is 0. The Bertz CT molecular complexity index is 529. The summed E-state index contributed by atoms with van der Waals surface area (Å²) in [5.74, 6) is 0.873. The van der Waals surface area contributed by atoms with Crippen LogP contribution in [0, 0.1) is 0 Å². The fourth-order valence-electron chi connectivity index (χ4n) is 2.12. The molecule has 0 aliphatic rings. The van der Waals surface area contributed by atoms with Gasteiger partial charge in [-0.05, 0) is 17.0 Å². The molecule has 0 heterocycles. The second-order valence-electron chi connectivity index (χ2n) is 4.90. The minimum atomic E-state index is -0.244. The lowest BCUT2D eigenvalue weighted by Crippen LogP contribution is -2.22. The zero-order valence-electron chi connectivity index (χ0n) is 10.5. The number of ether oxygens (including phenoxy) is 1. The smallest absolute Gasteiger partial charge is 0.126 e. The van der Waals surface area contributed by atoms with Crippen LogP contribution in [0.5, 0.6) is 5.75 Å². The lowest BCUT2D eigenvalue weighted by Gasteiger charge is -2.24. The molecule has 0 radical (unpaired) electrons. The molecule has 1 N–H and O–H groups in total. The van der Waals surface area contributed by atoms with Crippen LogP contribution in [0.25, 0.3) is 10.8 Å². The predicted octanol–water partition coefficient (Wildman–Crippen LogP) is 3.12. The Hall–Kier alpha value is -1.54. The number of aliphatic hydroxyl groups excluding tert-OH is 1. The van der Waals surface area contributed by atoms with Gasteiger partial charge in [-0.25, -0.2) is 0 Å². The monoisotopic (exact) mass is 230 g/mol. The van der Waals surface area contributed by atoms with E-state index in [9.17, 15) is 5.11 Å². The molecule has 0 atom stereocenters. The first-order valence-electron chi connectivity index (χ1n) is 5.77. The Labute approximate surface area is 102 Å². The van der Waals surface area contributed by atoms with Crippen molar-refractivity contribution in [3.63, 3.8) is 0 Å². The van der Waals surface area contributed by atoms with Gasteiger partial charge in [-0.3, -0.25) is 0 Å². The molecular formula is C15H18O2. The highest BCUT2D eigenvalue weighted by Crippen LogP contribution is 2.34. The second-order valence-corrected chi connectivity index (χ2v) is 4.90. The van der Waals surface area contributed by atoms with E-state index in [0.717, 1.165) is 22.1 Å². The van der Waals surface area contributed by atoms with E-state index in [2.05, 4.69) is 6.07 Å². The maximum absolute atomic E-state index is 9.50. The van der Waals surface area contributed by atoms with Gasteiger partial charge < -0.3 is 9.84 Å². The van der Waals surface area contributed by atoms with Gasteiger partial charge in [0.05, 0.1) is 13.7 Å². The molecule has 0 aliphatic heterocycles. The second kappa shape index (κ2) is 4.38. The number of aliphatic hydroxyl groups is 1. The van der Waals surface area contributed by atoms with Crippen LogP contribution in [0.15, 0.2) is 36.4 Å². The van der Waals surface area contributed by atoms with Gasteiger partial charge in [0.2, 0.25) is 0 Å². The van der Waals surface area contributed by atoms with E-state index < -0.39 is 0 Å². The van der Waals surface area contributed by atoms with E-state index in [0.29, 0.717) is 0 Å². The SMILES string of the molecule is COc1ccc(C(C)(C)CO)c2ccccc12. The van der Waals surface area contributed by atoms with E-state index in [1.54, 1.807) is 7.11 Å². The molecule has 0 amide bonds. The molecule has 2 heteroatoms. The van der Waals surface area contributed by atoms with Gasteiger partial charge in [-0.15, -0.1) is 0 Å². The van der Waals surface area contributed by atoms with Crippen LogP contribution in [0.4, 0.5) is 0 Å². The molecule has 0 aromatic heterocycles. The van der Waals surface area contributed by atoms with Crippen LogP contribution in [0.1, 0.15) is 19.4 Å². The van der Waals surface area contributed by atoms with Crippen LogP contribution in [-0.4, -0.2) is 18.8 Å². The summed E-state index contributed by atoms with van der Waals surface area (Å²) >= 11 is 0. The quantitative estimate of drug-likeness (QED) is 0.877. The zero-order chi connectivity index (χ0) is 12.5. The normalized spacial score (nSPS) is 11.8. The highest BCUT2D eigenvalue weighted by molar-refractivity contribution is 5.91. The standard InChI is InChI=1S/C15H18O2/c1-15(2,10-16)13-8-9-14(17-3)12-7-5-4-6-11(12)13/h4-9,16H,10H2,1-3H3. The van der Waals surface area contributed by atoms with Gasteiger partial charge >= 0.3 is 0 Å². The number of hydrogen-bond acceptors (Lipinski definition) is 2. The number of rotatable bonds is 3. The van der Waals surface area contributed by atoms with Crippen LogP contribution in [-0.2, 0) is 5.41 Å². The Kier molecular flexibility index (Phi) is 3.07. The maximum Gasteiger partial charge on any atom is 0.126 e. The first-order chi connectivity index (χ1) is 8.10. The van der Waals surface area contributed by atoms with Crippen LogP contribution in [0.2, 0.25) is 0 Å². The Morgan fingerprint density at radius 3 is 2.29 bits per heavy atom. The van der Waals surface area contributed by atoms with Gasteiger partial charge in [-0.2, -0.15) is 0 Å². The van der Waals surface area contributed by atoms with E-state index in [-0.39, 0.29) is 12.0 Å². The van der Waals surface area contributed by atoms with Crippen LogP contribution in [0.3, 0.4) is 0 Å². The van der Waals surface area contributed by atoms with Gasteiger partial charge in [0.15, 0.2) is 0 Å². The van der Waals surface area contributed by atoms with Gasteiger partial charge in [0.25, 0.3) is 0 Å². The van der Waals surface area contributed by atoms with Crippen molar-refractivity contribution < 1.29 is 9.84 Å². The topological polar surface area (TPSA) is 29.5 Å². The maximum atomic E-state index is 9.50. The first-order valence-corrected chi connectivity index (χ1v) is 5.77. The Morgan fingerprint density at radius 1 is 1.06 bits per heavy atom. The van der Waals surface area contributed by atoms with Crippen molar-refractivity contribution in [2.75, 3.05) is 13.7 Å². The molecule has 2 aromatic carbocycles. The highest BCUT2D eigenvalue weighted by atomic mass is 16.5. The van der Waals surface area contributed by atoms with Gasteiger partial charge in [0, 0.05) is 10.8 Å². The average molecular weight is 230 g/mol. The van der Waals surface area contributed by atoms with E-state index in [1.165, 1.54) is 0 Å². The van der Waals surface area contributed by atoms with Crippen molar-refractivity contribution in [2.45, 2.75) is 19.3 Å². The molecule has 0 spiro atoms. The molecule has 17 heavy (non-hydrogen) atoms.